The average molecular weight is 745 g/mol. The zero-order valence-corrected chi connectivity index (χ0v) is 32.0. The lowest BCUT2D eigenvalue weighted by Gasteiger charge is -2.26. The van der Waals surface area contributed by atoms with Gasteiger partial charge in [0.05, 0.1) is 16.6 Å². The van der Waals surface area contributed by atoms with Crippen molar-refractivity contribution < 1.29 is 0 Å². The second kappa shape index (κ2) is 13.5. The molecule has 0 saturated heterocycles. The Kier molecular flexibility index (Phi) is 7.87. The van der Waals surface area contributed by atoms with Crippen molar-refractivity contribution in [1.82, 2.24) is 4.40 Å². The molecule has 0 N–H and O–H groups in total. The van der Waals surface area contributed by atoms with Gasteiger partial charge >= 0.3 is 0 Å². The van der Waals surface area contributed by atoms with E-state index in [0.29, 0.717) is 0 Å². The second-order valence-electron chi connectivity index (χ2n) is 14.6. The Hall–Kier alpha value is -7.20. The van der Waals surface area contributed by atoms with E-state index in [1.54, 1.807) is 11.3 Å². The van der Waals surface area contributed by atoms with E-state index in [2.05, 4.69) is 215 Å². The summed E-state index contributed by atoms with van der Waals surface area (Å²) in [5, 5.41) is 8.66. The molecule has 0 fully saturated rings. The van der Waals surface area contributed by atoms with E-state index in [0.717, 1.165) is 28.2 Å². The molecular weight excluding hydrogens is 709 g/mol. The molecule has 0 radical (unpaired) electrons. The lowest BCUT2D eigenvalue weighted by atomic mass is 9.98. The number of fused-ring (bicyclic) bond motifs is 7. The van der Waals surface area contributed by atoms with Crippen molar-refractivity contribution in [2.24, 2.45) is 0 Å². The first-order valence-corrected chi connectivity index (χ1v) is 20.2. The van der Waals surface area contributed by atoms with Gasteiger partial charge in [-0.1, -0.05) is 134 Å². The molecule has 8 aromatic carbocycles. The van der Waals surface area contributed by atoms with Crippen LogP contribution in [-0.2, 0) is 0 Å². The fraction of sp³-hybridized carbons (Fsp3) is 0. The highest BCUT2D eigenvalue weighted by molar-refractivity contribution is 7.17. The van der Waals surface area contributed by atoms with Gasteiger partial charge in [0.15, 0.2) is 0 Å². The fourth-order valence-electron chi connectivity index (χ4n) is 8.64. The smallest absolute Gasteiger partial charge is 0.0620 e. The third kappa shape index (κ3) is 5.55. The molecule has 0 aliphatic heterocycles. The van der Waals surface area contributed by atoms with Crippen LogP contribution in [0.5, 0.6) is 0 Å². The highest BCUT2D eigenvalue weighted by atomic mass is 32.1. The van der Waals surface area contributed by atoms with Crippen LogP contribution in [0, 0.1) is 0 Å². The quantitative estimate of drug-likeness (QED) is 0.141. The van der Waals surface area contributed by atoms with Gasteiger partial charge < -0.3 is 9.30 Å². The third-order valence-electron chi connectivity index (χ3n) is 11.4. The minimum Gasteiger partial charge on any atom is -0.311 e. The number of allylic oxidation sites excluding steroid dienone is 2. The van der Waals surface area contributed by atoms with Crippen LogP contribution in [0.15, 0.2) is 206 Å². The Balaban J connectivity index is 0.998. The van der Waals surface area contributed by atoms with Crippen molar-refractivity contribution in [2.45, 2.75) is 0 Å². The van der Waals surface area contributed by atoms with Gasteiger partial charge in [0.1, 0.15) is 0 Å². The summed E-state index contributed by atoms with van der Waals surface area (Å²) in [5.41, 5.74) is 15.3. The van der Waals surface area contributed by atoms with Crippen molar-refractivity contribution >= 4 is 88.2 Å². The molecule has 2 nitrogen and oxygen atoms in total. The van der Waals surface area contributed by atoms with Crippen molar-refractivity contribution in [3.05, 3.63) is 217 Å². The first-order valence-electron chi connectivity index (χ1n) is 19.4. The molecule has 3 aromatic heterocycles. The van der Waals surface area contributed by atoms with Crippen LogP contribution >= 0.6 is 11.3 Å². The van der Waals surface area contributed by atoms with Crippen LogP contribution in [0.1, 0.15) is 11.1 Å². The highest BCUT2D eigenvalue weighted by Gasteiger charge is 2.19. The lowest BCUT2D eigenvalue weighted by molar-refractivity contribution is 1.28. The molecule has 0 aliphatic rings. The van der Waals surface area contributed by atoms with Gasteiger partial charge in [-0.2, -0.15) is 0 Å². The standard InChI is InChI=1S/C54H36N2S/c1-2-36(32-42-35-57-53-19-11-8-14-46(42)53)38-20-26-43(27-21-38)55(44-28-22-39(23-29-44)37-12-4-3-5-13-37)45-30-24-40(25-31-45)41-33-49-47-15-6-9-17-51(47)56-52-18-10-7-16-48(52)50(34-41)54(49)56/h2-35H,1H2/b36-32+. The molecule has 57 heavy (non-hydrogen) atoms. The number of hydrogen-bond acceptors (Lipinski definition) is 2. The van der Waals surface area contributed by atoms with Crippen LogP contribution < -0.4 is 4.90 Å². The number of para-hydroxylation sites is 2. The molecule has 0 saturated carbocycles. The highest BCUT2D eigenvalue weighted by Crippen LogP contribution is 2.43. The molecule has 11 aromatic rings. The van der Waals surface area contributed by atoms with Crippen LogP contribution in [0.4, 0.5) is 17.1 Å². The Morgan fingerprint density at radius 2 is 0.965 bits per heavy atom. The number of thiophene rings is 1. The van der Waals surface area contributed by atoms with E-state index in [1.807, 2.05) is 6.08 Å². The number of anilines is 3. The van der Waals surface area contributed by atoms with E-state index >= 15 is 0 Å². The Morgan fingerprint density at radius 3 is 1.56 bits per heavy atom. The molecule has 268 valence electrons. The van der Waals surface area contributed by atoms with Crippen molar-refractivity contribution in [2.75, 3.05) is 4.90 Å². The zero-order valence-electron chi connectivity index (χ0n) is 31.1. The van der Waals surface area contributed by atoms with E-state index in [9.17, 15) is 0 Å². The normalized spacial score (nSPS) is 12.0. The maximum atomic E-state index is 4.19. The summed E-state index contributed by atoms with van der Waals surface area (Å²) in [7, 11) is 0. The number of aromatic nitrogens is 1. The van der Waals surface area contributed by atoms with Crippen molar-refractivity contribution in [3.8, 4) is 22.3 Å². The van der Waals surface area contributed by atoms with Crippen molar-refractivity contribution in [3.63, 3.8) is 0 Å². The summed E-state index contributed by atoms with van der Waals surface area (Å²) >= 11 is 1.78. The van der Waals surface area contributed by atoms with Gasteiger partial charge in [0.2, 0.25) is 0 Å². The van der Waals surface area contributed by atoms with Crippen molar-refractivity contribution in [1.29, 1.82) is 0 Å². The monoisotopic (exact) mass is 744 g/mol. The van der Waals surface area contributed by atoms with E-state index in [4.69, 9.17) is 0 Å². The first-order chi connectivity index (χ1) is 28.2. The van der Waals surface area contributed by atoms with Crippen LogP contribution in [-0.4, -0.2) is 4.40 Å². The maximum absolute atomic E-state index is 4.19. The fourth-order valence-corrected chi connectivity index (χ4v) is 9.56. The van der Waals surface area contributed by atoms with E-state index < -0.39 is 0 Å². The summed E-state index contributed by atoms with van der Waals surface area (Å²) in [6, 6.07) is 68.3. The first kappa shape index (κ1) is 33.2. The minimum atomic E-state index is 1.09. The summed E-state index contributed by atoms with van der Waals surface area (Å²) < 4.78 is 3.73. The maximum Gasteiger partial charge on any atom is 0.0620 e. The molecule has 11 rings (SSSR count). The van der Waals surface area contributed by atoms with Crippen LogP contribution in [0.2, 0.25) is 0 Å². The second-order valence-corrected chi connectivity index (χ2v) is 15.5. The number of hydrogen-bond donors (Lipinski definition) is 0. The largest absolute Gasteiger partial charge is 0.311 e. The van der Waals surface area contributed by atoms with Crippen LogP contribution in [0.3, 0.4) is 0 Å². The Labute approximate surface area is 335 Å². The summed E-state index contributed by atoms with van der Waals surface area (Å²) in [5.74, 6) is 0. The zero-order chi connectivity index (χ0) is 37.9. The number of nitrogens with zero attached hydrogens (tertiary/aromatic N) is 2. The van der Waals surface area contributed by atoms with Gasteiger partial charge in [-0.15, -0.1) is 11.3 Å². The van der Waals surface area contributed by atoms with Gasteiger partial charge in [-0.25, -0.2) is 0 Å². The minimum absolute atomic E-state index is 1.09. The topological polar surface area (TPSA) is 7.65 Å². The Bertz CT molecular complexity index is 3190. The number of rotatable bonds is 8. The third-order valence-corrected chi connectivity index (χ3v) is 12.4. The molecule has 0 spiro atoms. The number of benzene rings is 8. The molecule has 0 atom stereocenters. The molecular formula is C54H36N2S. The summed E-state index contributed by atoms with van der Waals surface area (Å²) in [4.78, 5) is 2.35. The Morgan fingerprint density at radius 1 is 0.474 bits per heavy atom. The summed E-state index contributed by atoms with van der Waals surface area (Å²) in [6.07, 6.45) is 4.21. The molecule has 0 amide bonds. The van der Waals surface area contributed by atoms with Gasteiger partial charge in [-0.05, 0) is 123 Å². The summed E-state index contributed by atoms with van der Waals surface area (Å²) in [6.45, 7) is 4.19. The molecule has 3 heterocycles. The van der Waals surface area contributed by atoms with Crippen LogP contribution in [0.25, 0.3) is 82.1 Å². The van der Waals surface area contributed by atoms with Gasteiger partial charge in [0.25, 0.3) is 0 Å². The predicted molar refractivity (Wildman–Crippen MR) is 247 cm³/mol. The van der Waals surface area contributed by atoms with E-state index in [1.165, 1.54) is 76.0 Å². The van der Waals surface area contributed by atoms with Gasteiger partial charge in [0, 0.05) is 43.3 Å². The molecule has 0 bridgehead atoms. The molecule has 0 unspecified atom stereocenters. The van der Waals surface area contributed by atoms with Gasteiger partial charge in [-0.3, -0.25) is 0 Å². The molecule has 3 heteroatoms. The molecule has 0 aliphatic carbocycles. The SMILES string of the molecule is C=C/C(=C\c1csc2ccccc12)c1ccc(N(c2ccc(-c3ccccc3)cc2)c2ccc(-c3cc4c5ccccc5n5c6ccccc6c(c3)c45)cc2)cc1. The lowest BCUT2D eigenvalue weighted by Crippen LogP contribution is -2.09. The average Bonchev–Trinajstić information content (AvgIpc) is 3.96. The van der Waals surface area contributed by atoms with E-state index in [-0.39, 0.29) is 0 Å². The predicted octanol–water partition coefficient (Wildman–Crippen LogP) is 15.6.